The molecule has 1 aromatic carbocycles. The number of rotatable bonds is 2. The summed E-state index contributed by atoms with van der Waals surface area (Å²) in [5, 5.41) is 9.11. The first kappa shape index (κ1) is 16.8. The minimum Gasteiger partial charge on any atom is -0.481 e. The summed E-state index contributed by atoms with van der Waals surface area (Å²) < 4.78 is 39.8. The Morgan fingerprint density at radius 2 is 1.96 bits per heavy atom. The third-order valence-corrected chi connectivity index (χ3v) is 5.20. The normalized spacial score (nSPS) is 27.0. The van der Waals surface area contributed by atoms with Crippen molar-refractivity contribution >= 4 is 11.9 Å². The molecule has 2 unspecified atom stereocenters. The summed E-state index contributed by atoms with van der Waals surface area (Å²) in [7, 11) is 0. The van der Waals surface area contributed by atoms with E-state index in [-0.39, 0.29) is 6.54 Å². The van der Waals surface area contributed by atoms with E-state index in [1.54, 1.807) is 0 Å². The van der Waals surface area contributed by atoms with E-state index in [2.05, 4.69) is 0 Å². The van der Waals surface area contributed by atoms with Crippen LogP contribution in [0.5, 0.6) is 0 Å². The zero-order chi connectivity index (χ0) is 17.5. The number of carbonyl (C=O) groups excluding carboxylic acids is 1. The molecule has 0 spiro atoms. The van der Waals surface area contributed by atoms with Gasteiger partial charge in [0.2, 0.25) is 5.91 Å². The second-order valence-corrected chi connectivity index (χ2v) is 6.54. The smallest absolute Gasteiger partial charge is 0.406 e. The number of fused-ring (bicyclic) bond motifs is 1. The average Bonchev–Trinajstić information content (AvgIpc) is 3.00. The van der Waals surface area contributed by atoms with Crippen LogP contribution in [-0.4, -0.2) is 41.1 Å². The van der Waals surface area contributed by atoms with Gasteiger partial charge in [0.05, 0.1) is 5.92 Å². The maximum Gasteiger partial charge on any atom is 0.406 e. The van der Waals surface area contributed by atoms with Crippen molar-refractivity contribution in [2.75, 3.05) is 13.1 Å². The van der Waals surface area contributed by atoms with Crippen molar-refractivity contribution in [3.8, 4) is 0 Å². The van der Waals surface area contributed by atoms with Gasteiger partial charge >= 0.3 is 12.1 Å². The van der Waals surface area contributed by atoms with Crippen molar-refractivity contribution in [2.24, 2.45) is 5.41 Å². The number of hydrogen-bond donors (Lipinski definition) is 1. The maximum absolute atomic E-state index is 13.3. The van der Waals surface area contributed by atoms with Crippen molar-refractivity contribution in [3.63, 3.8) is 0 Å². The molecule has 1 saturated heterocycles. The van der Waals surface area contributed by atoms with E-state index < -0.39 is 42.4 Å². The van der Waals surface area contributed by atoms with Crippen molar-refractivity contribution in [1.82, 2.24) is 4.90 Å². The van der Waals surface area contributed by atoms with E-state index in [1.165, 1.54) is 0 Å². The molecule has 1 N–H and O–H groups in total. The predicted octanol–water partition coefficient (Wildman–Crippen LogP) is 2.97. The summed E-state index contributed by atoms with van der Waals surface area (Å²) in [6.07, 6.45) is -3.24. The number of carboxylic acids is 1. The van der Waals surface area contributed by atoms with Crippen molar-refractivity contribution < 1.29 is 27.9 Å². The number of carbonyl (C=O) groups is 2. The number of benzene rings is 1. The Morgan fingerprint density at radius 3 is 2.58 bits per heavy atom. The van der Waals surface area contributed by atoms with Crippen LogP contribution in [0.3, 0.4) is 0 Å². The Balaban J connectivity index is 1.85. The number of halogens is 3. The van der Waals surface area contributed by atoms with E-state index in [0.717, 1.165) is 28.9 Å². The van der Waals surface area contributed by atoms with Crippen molar-refractivity contribution in [3.05, 3.63) is 35.4 Å². The van der Waals surface area contributed by atoms with Crippen LogP contribution in [0.2, 0.25) is 0 Å². The molecule has 4 nitrogen and oxygen atoms in total. The molecule has 2 atom stereocenters. The van der Waals surface area contributed by atoms with Crippen LogP contribution in [0.1, 0.15) is 36.3 Å². The molecule has 7 heteroatoms. The molecule has 1 aromatic rings. The summed E-state index contributed by atoms with van der Waals surface area (Å²) >= 11 is 0. The summed E-state index contributed by atoms with van der Waals surface area (Å²) in [6.45, 7) is -0.980. The largest absolute Gasteiger partial charge is 0.481 e. The van der Waals surface area contributed by atoms with Crippen LogP contribution < -0.4 is 0 Å². The van der Waals surface area contributed by atoms with Gasteiger partial charge < -0.3 is 10.0 Å². The van der Waals surface area contributed by atoms with Crippen LogP contribution in [0.25, 0.3) is 0 Å². The monoisotopic (exact) mass is 341 g/mol. The van der Waals surface area contributed by atoms with E-state index in [4.69, 9.17) is 5.11 Å². The molecule has 1 heterocycles. The fraction of sp³-hybridized carbons (Fsp3) is 0.529. The number of likely N-dealkylation sites (tertiary alicyclic amines) is 1. The predicted molar refractivity (Wildman–Crippen MR) is 79.4 cm³/mol. The fourth-order valence-corrected chi connectivity index (χ4v) is 3.76. The zero-order valence-corrected chi connectivity index (χ0v) is 13.0. The Kier molecular flexibility index (Phi) is 4.05. The molecule has 1 aliphatic heterocycles. The van der Waals surface area contributed by atoms with Gasteiger partial charge in [-0.1, -0.05) is 24.3 Å². The molecule has 24 heavy (non-hydrogen) atoms. The summed E-state index contributed by atoms with van der Waals surface area (Å²) in [5.74, 6) is -2.78. The molecule has 130 valence electrons. The highest BCUT2D eigenvalue weighted by molar-refractivity contribution is 5.86. The second kappa shape index (κ2) is 5.79. The molecule has 2 aliphatic rings. The van der Waals surface area contributed by atoms with E-state index in [9.17, 15) is 22.8 Å². The van der Waals surface area contributed by atoms with Gasteiger partial charge in [0.1, 0.15) is 0 Å². The summed E-state index contributed by atoms with van der Waals surface area (Å²) in [5.41, 5.74) is -0.952. The highest BCUT2D eigenvalue weighted by atomic mass is 19.4. The lowest BCUT2D eigenvalue weighted by atomic mass is 9.82. The van der Waals surface area contributed by atoms with Gasteiger partial charge in [0.15, 0.2) is 5.41 Å². The van der Waals surface area contributed by atoms with Gasteiger partial charge in [0, 0.05) is 13.1 Å². The molecular formula is C17H18F3NO3. The van der Waals surface area contributed by atoms with Gasteiger partial charge in [-0.25, -0.2) is 0 Å². The van der Waals surface area contributed by atoms with E-state index >= 15 is 0 Å². The van der Waals surface area contributed by atoms with Crippen LogP contribution in [0, 0.1) is 5.41 Å². The van der Waals surface area contributed by atoms with E-state index in [1.807, 2.05) is 24.3 Å². The van der Waals surface area contributed by atoms with E-state index in [0.29, 0.717) is 6.42 Å². The number of nitrogens with zero attached hydrogens (tertiary/aromatic N) is 1. The third kappa shape index (κ3) is 2.56. The Labute approximate surface area is 137 Å². The first-order valence-corrected chi connectivity index (χ1v) is 7.93. The first-order valence-electron chi connectivity index (χ1n) is 7.93. The lowest BCUT2D eigenvalue weighted by molar-refractivity contribution is -0.227. The summed E-state index contributed by atoms with van der Waals surface area (Å²) in [6, 6.07) is 7.45. The van der Waals surface area contributed by atoms with Gasteiger partial charge in [-0.3, -0.25) is 9.59 Å². The number of alkyl halides is 3. The van der Waals surface area contributed by atoms with Crippen LogP contribution in [0.15, 0.2) is 24.3 Å². The average molecular weight is 341 g/mol. The minimum absolute atomic E-state index is 0.177. The Morgan fingerprint density at radius 1 is 1.25 bits per heavy atom. The molecule has 0 saturated carbocycles. The molecular weight excluding hydrogens is 323 g/mol. The fourth-order valence-electron chi connectivity index (χ4n) is 3.76. The van der Waals surface area contributed by atoms with Gasteiger partial charge in [-0.2, -0.15) is 13.2 Å². The zero-order valence-electron chi connectivity index (χ0n) is 13.0. The first-order chi connectivity index (χ1) is 11.3. The molecule has 0 radical (unpaired) electrons. The molecule has 1 amide bonds. The topological polar surface area (TPSA) is 57.6 Å². The minimum atomic E-state index is -4.88. The SMILES string of the molecule is O=C(C1CCCc2ccccc21)N1CCC(C(=O)O)(C(F)(F)F)C1. The molecule has 1 aliphatic carbocycles. The quantitative estimate of drug-likeness (QED) is 0.900. The van der Waals surface area contributed by atoms with Crippen molar-refractivity contribution in [1.29, 1.82) is 0 Å². The van der Waals surface area contributed by atoms with Gasteiger partial charge in [-0.05, 0) is 36.8 Å². The van der Waals surface area contributed by atoms with Crippen LogP contribution >= 0.6 is 0 Å². The lowest BCUT2D eigenvalue weighted by Gasteiger charge is -2.30. The van der Waals surface area contributed by atoms with Gasteiger partial charge in [0.25, 0.3) is 0 Å². The molecule has 0 aromatic heterocycles. The highest BCUT2D eigenvalue weighted by Gasteiger charge is 2.64. The maximum atomic E-state index is 13.3. The van der Waals surface area contributed by atoms with Gasteiger partial charge in [-0.15, -0.1) is 0 Å². The number of amides is 1. The molecule has 1 fully saturated rings. The molecule has 3 rings (SSSR count). The van der Waals surface area contributed by atoms with Crippen molar-refractivity contribution in [2.45, 2.75) is 37.8 Å². The summed E-state index contributed by atoms with van der Waals surface area (Å²) in [4.78, 5) is 25.1. The van der Waals surface area contributed by atoms with Crippen LogP contribution in [0.4, 0.5) is 13.2 Å². The van der Waals surface area contributed by atoms with Crippen LogP contribution in [-0.2, 0) is 16.0 Å². The highest BCUT2D eigenvalue weighted by Crippen LogP contribution is 2.46. The number of aliphatic carboxylic acids is 1. The Hall–Kier alpha value is -2.05. The lowest BCUT2D eigenvalue weighted by Crippen LogP contribution is -2.48. The number of carboxylic acid groups (broad SMARTS) is 1. The second-order valence-electron chi connectivity index (χ2n) is 6.54. The number of aryl methyl sites for hydroxylation is 1. The number of hydrogen-bond acceptors (Lipinski definition) is 2. The standard InChI is InChI=1S/C17H18F3NO3/c18-17(19,20)16(15(23)24)8-9-21(10-16)14(22)13-7-3-5-11-4-1-2-6-12(11)13/h1-2,4,6,13H,3,5,7-10H2,(H,23,24). The molecule has 0 bridgehead atoms. The Bertz CT molecular complexity index is 673. The third-order valence-electron chi connectivity index (χ3n) is 5.20.